The van der Waals surface area contributed by atoms with Crippen molar-refractivity contribution in [1.82, 2.24) is 15.0 Å². The largest absolute Gasteiger partial charge is 0.247 e. The number of aromatic nitrogens is 3. The molecule has 3 nitrogen and oxygen atoms in total. The number of halogens is 1. The smallest absolute Gasteiger partial charge is 0.113 e. The van der Waals surface area contributed by atoms with Gasteiger partial charge in [-0.1, -0.05) is 63.1 Å². The highest BCUT2D eigenvalue weighted by Gasteiger charge is 2.05. The molecule has 3 rings (SSSR count). The molecular weight excluding hydrogens is 314 g/mol. The highest BCUT2D eigenvalue weighted by Crippen LogP contribution is 2.20. The van der Waals surface area contributed by atoms with E-state index in [0.29, 0.717) is 0 Å². The minimum atomic E-state index is 0.739. The van der Waals surface area contributed by atoms with Crippen molar-refractivity contribution in [3.63, 3.8) is 0 Å². The molecule has 1 heterocycles. The molecular formula is C16H14BrN3. The van der Waals surface area contributed by atoms with E-state index in [1.807, 2.05) is 35.1 Å². The Kier molecular flexibility index (Phi) is 3.65. The zero-order valence-electron chi connectivity index (χ0n) is 11.1. The van der Waals surface area contributed by atoms with Crippen LogP contribution in [0.25, 0.3) is 11.3 Å². The van der Waals surface area contributed by atoms with Crippen molar-refractivity contribution in [2.45, 2.75) is 13.5 Å². The van der Waals surface area contributed by atoms with Crippen LogP contribution >= 0.6 is 15.9 Å². The first-order chi connectivity index (χ1) is 9.70. The summed E-state index contributed by atoms with van der Waals surface area (Å²) in [5.74, 6) is 0. The second kappa shape index (κ2) is 5.59. The maximum Gasteiger partial charge on any atom is 0.113 e. The summed E-state index contributed by atoms with van der Waals surface area (Å²) >= 11 is 3.47. The van der Waals surface area contributed by atoms with Gasteiger partial charge in [-0.05, 0) is 24.6 Å². The Hall–Kier alpha value is -1.94. The van der Waals surface area contributed by atoms with Crippen LogP contribution in [0.3, 0.4) is 0 Å². The second-order valence-corrected chi connectivity index (χ2v) is 5.72. The Labute approximate surface area is 126 Å². The normalized spacial score (nSPS) is 10.7. The van der Waals surface area contributed by atoms with E-state index in [9.17, 15) is 0 Å². The lowest BCUT2D eigenvalue weighted by Gasteiger charge is -2.01. The summed E-state index contributed by atoms with van der Waals surface area (Å²) in [6.07, 6.45) is 1.98. The number of hydrogen-bond acceptors (Lipinski definition) is 2. The maximum absolute atomic E-state index is 4.24. The van der Waals surface area contributed by atoms with E-state index in [1.54, 1.807) is 0 Å². The van der Waals surface area contributed by atoms with Crippen LogP contribution in [0.1, 0.15) is 11.1 Å². The van der Waals surface area contributed by atoms with Crippen molar-refractivity contribution < 1.29 is 0 Å². The number of aryl methyl sites for hydroxylation is 1. The average Bonchev–Trinajstić information content (AvgIpc) is 2.87. The van der Waals surface area contributed by atoms with E-state index in [1.165, 1.54) is 11.1 Å². The molecule has 0 radical (unpaired) electrons. The molecule has 0 aliphatic heterocycles. The zero-order valence-corrected chi connectivity index (χ0v) is 12.7. The van der Waals surface area contributed by atoms with E-state index in [2.05, 4.69) is 57.4 Å². The Morgan fingerprint density at radius 2 is 1.95 bits per heavy atom. The molecule has 0 spiro atoms. The molecule has 0 fully saturated rings. The van der Waals surface area contributed by atoms with Crippen molar-refractivity contribution in [2.24, 2.45) is 0 Å². The minimum Gasteiger partial charge on any atom is -0.247 e. The molecule has 20 heavy (non-hydrogen) atoms. The third-order valence-electron chi connectivity index (χ3n) is 3.09. The standard InChI is InChI=1S/C16H14BrN3/c1-12-4-2-5-13(8-12)10-20-11-16(18-19-20)14-6-3-7-15(17)9-14/h2-9,11H,10H2,1H3. The van der Waals surface area contributed by atoms with Gasteiger partial charge in [0.2, 0.25) is 0 Å². The average molecular weight is 328 g/mol. The van der Waals surface area contributed by atoms with Crippen LogP contribution in [0.5, 0.6) is 0 Å². The Balaban J connectivity index is 1.84. The van der Waals surface area contributed by atoms with Gasteiger partial charge in [0.1, 0.15) is 5.69 Å². The first-order valence-corrected chi connectivity index (χ1v) is 7.21. The van der Waals surface area contributed by atoms with Crippen LogP contribution in [0.2, 0.25) is 0 Å². The lowest BCUT2D eigenvalue weighted by Crippen LogP contribution is -2.00. The molecule has 3 aromatic rings. The molecule has 0 atom stereocenters. The van der Waals surface area contributed by atoms with Crippen molar-refractivity contribution in [1.29, 1.82) is 0 Å². The summed E-state index contributed by atoms with van der Waals surface area (Å²) in [6, 6.07) is 16.5. The molecule has 4 heteroatoms. The molecule has 0 bridgehead atoms. The van der Waals surface area contributed by atoms with Crippen LogP contribution in [0.4, 0.5) is 0 Å². The summed E-state index contributed by atoms with van der Waals surface area (Å²) in [6.45, 7) is 2.83. The first kappa shape index (κ1) is 13.1. The van der Waals surface area contributed by atoms with Gasteiger partial charge < -0.3 is 0 Å². The van der Waals surface area contributed by atoms with Gasteiger partial charge in [0, 0.05) is 10.0 Å². The lowest BCUT2D eigenvalue weighted by atomic mass is 10.1. The van der Waals surface area contributed by atoms with Crippen molar-refractivity contribution in [3.8, 4) is 11.3 Å². The molecule has 0 unspecified atom stereocenters. The van der Waals surface area contributed by atoms with Crippen LogP contribution < -0.4 is 0 Å². The molecule has 2 aromatic carbocycles. The van der Waals surface area contributed by atoms with Crippen LogP contribution in [0.15, 0.2) is 59.2 Å². The van der Waals surface area contributed by atoms with Gasteiger partial charge in [0.15, 0.2) is 0 Å². The predicted molar refractivity (Wildman–Crippen MR) is 83.4 cm³/mol. The van der Waals surface area contributed by atoms with Gasteiger partial charge in [-0.2, -0.15) is 0 Å². The van der Waals surface area contributed by atoms with E-state index < -0.39 is 0 Å². The molecule has 0 saturated carbocycles. The highest BCUT2D eigenvalue weighted by atomic mass is 79.9. The molecule has 0 saturated heterocycles. The van der Waals surface area contributed by atoms with Gasteiger partial charge in [-0.15, -0.1) is 5.10 Å². The molecule has 1 aromatic heterocycles. The van der Waals surface area contributed by atoms with Crippen LogP contribution in [-0.4, -0.2) is 15.0 Å². The molecule has 100 valence electrons. The van der Waals surface area contributed by atoms with E-state index in [-0.39, 0.29) is 0 Å². The van der Waals surface area contributed by atoms with Crippen LogP contribution in [0, 0.1) is 6.92 Å². The van der Waals surface area contributed by atoms with Crippen molar-refractivity contribution in [2.75, 3.05) is 0 Å². The number of benzene rings is 2. The van der Waals surface area contributed by atoms with E-state index >= 15 is 0 Å². The number of rotatable bonds is 3. The van der Waals surface area contributed by atoms with E-state index in [0.717, 1.165) is 22.3 Å². The quantitative estimate of drug-likeness (QED) is 0.726. The van der Waals surface area contributed by atoms with Gasteiger partial charge in [-0.3, -0.25) is 0 Å². The predicted octanol–water partition coefficient (Wildman–Crippen LogP) is 4.06. The first-order valence-electron chi connectivity index (χ1n) is 6.42. The maximum atomic E-state index is 4.24. The lowest BCUT2D eigenvalue weighted by molar-refractivity contribution is 0.649. The van der Waals surface area contributed by atoms with Crippen molar-refractivity contribution >= 4 is 15.9 Å². The molecule has 0 aliphatic carbocycles. The van der Waals surface area contributed by atoms with Crippen molar-refractivity contribution in [3.05, 3.63) is 70.3 Å². The van der Waals surface area contributed by atoms with Gasteiger partial charge in [0.25, 0.3) is 0 Å². The van der Waals surface area contributed by atoms with E-state index in [4.69, 9.17) is 0 Å². The Morgan fingerprint density at radius 1 is 1.10 bits per heavy atom. The molecule has 0 N–H and O–H groups in total. The summed E-state index contributed by atoms with van der Waals surface area (Å²) in [5, 5.41) is 8.44. The van der Waals surface area contributed by atoms with Gasteiger partial charge in [-0.25, -0.2) is 4.68 Å². The minimum absolute atomic E-state index is 0.739. The molecule has 0 amide bonds. The fourth-order valence-electron chi connectivity index (χ4n) is 2.15. The topological polar surface area (TPSA) is 30.7 Å². The Morgan fingerprint density at radius 3 is 2.75 bits per heavy atom. The summed E-state index contributed by atoms with van der Waals surface area (Å²) in [5.41, 5.74) is 4.44. The second-order valence-electron chi connectivity index (χ2n) is 4.80. The third kappa shape index (κ3) is 2.96. The monoisotopic (exact) mass is 327 g/mol. The summed E-state index contributed by atoms with van der Waals surface area (Å²) < 4.78 is 2.91. The number of nitrogens with zero attached hydrogens (tertiary/aromatic N) is 3. The molecule has 0 aliphatic rings. The Bertz CT molecular complexity index is 734. The SMILES string of the molecule is Cc1cccc(Cn2cc(-c3cccc(Br)c3)nn2)c1. The number of hydrogen-bond donors (Lipinski definition) is 0. The van der Waals surface area contributed by atoms with Crippen LogP contribution in [-0.2, 0) is 6.54 Å². The van der Waals surface area contributed by atoms with Gasteiger partial charge >= 0.3 is 0 Å². The zero-order chi connectivity index (χ0) is 13.9. The fourth-order valence-corrected chi connectivity index (χ4v) is 2.55. The highest BCUT2D eigenvalue weighted by molar-refractivity contribution is 9.10. The fraction of sp³-hybridized carbons (Fsp3) is 0.125. The third-order valence-corrected chi connectivity index (χ3v) is 3.58. The summed E-state index contributed by atoms with van der Waals surface area (Å²) in [4.78, 5) is 0. The summed E-state index contributed by atoms with van der Waals surface area (Å²) in [7, 11) is 0. The van der Waals surface area contributed by atoms with Gasteiger partial charge in [0.05, 0.1) is 12.7 Å².